The number of carbonyl (C=O) groups excluding carboxylic acids is 1. The lowest BCUT2D eigenvalue weighted by molar-refractivity contribution is 0.0467. The number of oxime groups is 1. The van der Waals surface area contributed by atoms with Gasteiger partial charge in [-0.3, -0.25) is 9.78 Å². The zero-order chi connectivity index (χ0) is 14.6. The fourth-order valence-electron chi connectivity index (χ4n) is 1.28. The smallest absolute Gasteiger partial charge is 0.272 e. The Kier molecular flexibility index (Phi) is 4.44. The van der Waals surface area contributed by atoms with Gasteiger partial charge in [0.15, 0.2) is 5.84 Å². The number of amides is 1. The lowest BCUT2D eigenvalue weighted by Crippen LogP contribution is -2.47. The molecule has 0 fully saturated rings. The molecule has 0 spiro atoms. The molecule has 0 unspecified atom stereocenters. The second-order valence-electron chi connectivity index (χ2n) is 4.75. The number of hydrogen-bond acceptors (Lipinski definition) is 5. The highest BCUT2D eigenvalue weighted by molar-refractivity contribution is 5.98. The third-order valence-corrected chi connectivity index (χ3v) is 2.99. The Balaban J connectivity index is 2.96. The molecule has 0 aliphatic carbocycles. The van der Waals surface area contributed by atoms with Crippen molar-refractivity contribution in [1.82, 2.24) is 9.88 Å². The first kappa shape index (κ1) is 14.9. The lowest BCUT2D eigenvalue weighted by Gasteiger charge is -2.33. The van der Waals surface area contributed by atoms with Crippen molar-refractivity contribution in [3.63, 3.8) is 0 Å². The largest absolute Gasteiger partial charge is 0.409 e. The van der Waals surface area contributed by atoms with Crippen molar-refractivity contribution in [2.75, 3.05) is 13.7 Å². The van der Waals surface area contributed by atoms with Crippen LogP contribution < -0.4 is 5.73 Å². The van der Waals surface area contributed by atoms with Crippen LogP contribution in [0.1, 0.15) is 29.9 Å². The van der Waals surface area contributed by atoms with E-state index in [1.54, 1.807) is 20.9 Å². The molecule has 104 valence electrons. The van der Waals surface area contributed by atoms with E-state index in [9.17, 15) is 9.90 Å². The number of carbonyl (C=O) groups is 1. The van der Waals surface area contributed by atoms with E-state index in [-0.39, 0.29) is 24.0 Å². The van der Waals surface area contributed by atoms with Crippen molar-refractivity contribution in [3.8, 4) is 0 Å². The molecule has 0 aliphatic heterocycles. The minimum atomic E-state index is -0.678. The maximum atomic E-state index is 12.1. The van der Waals surface area contributed by atoms with E-state index in [0.29, 0.717) is 5.56 Å². The van der Waals surface area contributed by atoms with Gasteiger partial charge in [0.25, 0.3) is 5.91 Å². The molecule has 1 aromatic heterocycles. The highest BCUT2D eigenvalue weighted by Crippen LogP contribution is 2.14. The normalized spacial score (nSPS) is 12.3. The van der Waals surface area contributed by atoms with Crippen molar-refractivity contribution < 1.29 is 15.1 Å². The first-order valence-corrected chi connectivity index (χ1v) is 5.66. The maximum Gasteiger partial charge on any atom is 0.272 e. The number of aliphatic hydroxyl groups excluding tert-OH is 1. The Hall–Kier alpha value is -2.15. The van der Waals surface area contributed by atoms with E-state index in [4.69, 9.17) is 10.9 Å². The number of amidine groups is 1. The molecular weight excluding hydrogens is 248 g/mol. The third-order valence-electron chi connectivity index (χ3n) is 2.99. The van der Waals surface area contributed by atoms with Gasteiger partial charge in [0.2, 0.25) is 0 Å². The molecule has 1 rings (SSSR count). The average Bonchev–Trinajstić information content (AvgIpc) is 2.44. The van der Waals surface area contributed by atoms with E-state index in [2.05, 4.69) is 10.1 Å². The van der Waals surface area contributed by atoms with Crippen LogP contribution in [-0.4, -0.2) is 51.1 Å². The number of aliphatic hydroxyl groups is 1. The molecule has 0 saturated heterocycles. The monoisotopic (exact) mass is 266 g/mol. The summed E-state index contributed by atoms with van der Waals surface area (Å²) >= 11 is 0. The van der Waals surface area contributed by atoms with E-state index < -0.39 is 5.54 Å². The average molecular weight is 266 g/mol. The van der Waals surface area contributed by atoms with Crippen molar-refractivity contribution >= 4 is 11.7 Å². The van der Waals surface area contributed by atoms with Gasteiger partial charge in [-0.15, -0.1) is 0 Å². The Bertz CT molecular complexity index is 482. The molecule has 1 aromatic rings. The summed E-state index contributed by atoms with van der Waals surface area (Å²) < 4.78 is 0. The van der Waals surface area contributed by atoms with Crippen LogP contribution in [0.4, 0.5) is 0 Å². The Morgan fingerprint density at radius 1 is 1.53 bits per heavy atom. The minimum Gasteiger partial charge on any atom is -0.409 e. The summed E-state index contributed by atoms with van der Waals surface area (Å²) in [4.78, 5) is 17.5. The third kappa shape index (κ3) is 3.19. The molecule has 1 heterocycles. The van der Waals surface area contributed by atoms with Crippen LogP contribution in [0.5, 0.6) is 0 Å². The maximum absolute atomic E-state index is 12.1. The zero-order valence-electron chi connectivity index (χ0n) is 11.2. The van der Waals surface area contributed by atoms with Crippen LogP contribution in [-0.2, 0) is 0 Å². The van der Waals surface area contributed by atoms with Crippen LogP contribution in [0.2, 0.25) is 0 Å². The molecule has 0 aliphatic rings. The summed E-state index contributed by atoms with van der Waals surface area (Å²) in [7, 11) is 1.59. The summed E-state index contributed by atoms with van der Waals surface area (Å²) in [6.45, 7) is 3.34. The van der Waals surface area contributed by atoms with Crippen molar-refractivity contribution in [1.29, 1.82) is 0 Å². The molecule has 0 radical (unpaired) electrons. The number of aromatic nitrogens is 1. The summed E-state index contributed by atoms with van der Waals surface area (Å²) in [6, 6.07) is 3.02. The second kappa shape index (κ2) is 5.66. The fraction of sp³-hybridized carbons (Fsp3) is 0.417. The summed E-state index contributed by atoms with van der Waals surface area (Å²) in [5, 5.41) is 20.6. The molecule has 0 atom stereocenters. The van der Waals surface area contributed by atoms with Crippen molar-refractivity contribution in [2.24, 2.45) is 10.9 Å². The van der Waals surface area contributed by atoms with E-state index >= 15 is 0 Å². The number of pyridine rings is 1. The van der Waals surface area contributed by atoms with Gasteiger partial charge in [0.05, 0.1) is 12.1 Å². The molecule has 19 heavy (non-hydrogen) atoms. The zero-order valence-corrected chi connectivity index (χ0v) is 11.2. The first-order chi connectivity index (χ1) is 8.83. The lowest BCUT2D eigenvalue weighted by atomic mass is 10.0. The quantitative estimate of drug-likeness (QED) is 0.308. The van der Waals surface area contributed by atoms with Gasteiger partial charge in [0.1, 0.15) is 5.69 Å². The SMILES string of the molecule is CN(C(=O)c1ccc(/C(N)=N/O)cn1)C(C)(C)CO. The molecule has 7 nitrogen and oxygen atoms in total. The molecular formula is C12H18N4O3. The van der Waals surface area contributed by atoms with Crippen molar-refractivity contribution in [2.45, 2.75) is 19.4 Å². The van der Waals surface area contributed by atoms with Gasteiger partial charge in [0, 0.05) is 18.8 Å². The predicted octanol–water partition coefficient (Wildman–Crippen LogP) is 0.0190. The fourth-order valence-corrected chi connectivity index (χ4v) is 1.28. The van der Waals surface area contributed by atoms with Crippen LogP contribution in [0, 0.1) is 0 Å². The number of nitrogens with zero attached hydrogens (tertiary/aromatic N) is 3. The number of hydrogen-bond donors (Lipinski definition) is 3. The van der Waals surface area contributed by atoms with Crippen LogP contribution >= 0.6 is 0 Å². The van der Waals surface area contributed by atoms with Crippen LogP contribution in [0.15, 0.2) is 23.5 Å². The molecule has 7 heteroatoms. The van der Waals surface area contributed by atoms with Gasteiger partial charge in [-0.1, -0.05) is 5.16 Å². The molecule has 0 bridgehead atoms. The number of rotatable bonds is 4. The number of nitrogens with two attached hydrogens (primary N) is 1. The van der Waals surface area contributed by atoms with Gasteiger partial charge in [-0.25, -0.2) is 0 Å². The van der Waals surface area contributed by atoms with Crippen LogP contribution in [0.25, 0.3) is 0 Å². The minimum absolute atomic E-state index is 0.0736. The summed E-state index contributed by atoms with van der Waals surface area (Å²) in [5.74, 6) is -0.388. The highest BCUT2D eigenvalue weighted by Gasteiger charge is 2.28. The first-order valence-electron chi connectivity index (χ1n) is 5.66. The van der Waals surface area contributed by atoms with Gasteiger partial charge in [-0.05, 0) is 26.0 Å². The van der Waals surface area contributed by atoms with Crippen molar-refractivity contribution in [3.05, 3.63) is 29.6 Å². The van der Waals surface area contributed by atoms with E-state index in [1.807, 2.05) is 0 Å². The summed E-state index contributed by atoms with van der Waals surface area (Å²) in [5.41, 5.74) is 5.37. The second-order valence-corrected chi connectivity index (χ2v) is 4.75. The van der Waals surface area contributed by atoms with E-state index in [1.165, 1.54) is 23.2 Å². The topological polar surface area (TPSA) is 112 Å². The van der Waals surface area contributed by atoms with Gasteiger partial charge < -0.3 is 20.9 Å². The molecule has 4 N–H and O–H groups in total. The van der Waals surface area contributed by atoms with Gasteiger partial charge in [-0.2, -0.15) is 0 Å². The predicted molar refractivity (Wildman–Crippen MR) is 70.0 cm³/mol. The molecule has 0 aromatic carbocycles. The Morgan fingerprint density at radius 3 is 2.58 bits per heavy atom. The summed E-state index contributed by atoms with van der Waals surface area (Å²) in [6.07, 6.45) is 1.35. The van der Waals surface area contributed by atoms with Crippen LogP contribution in [0.3, 0.4) is 0 Å². The number of likely N-dealkylation sites (N-methyl/N-ethyl adjacent to an activating group) is 1. The molecule has 1 amide bonds. The molecule has 0 saturated carbocycles. The Morgan fingerprint density at radius 2 is 2.16 bits per heavy atom. The highest BCUT2D eigenvalue weighted by atomic mass is 16.4. The Labute approximate surface area is 111 Å². The van der Waals surface area contributed by atoms with E-state index in [0.717, 1.165) is 0 Å². The standard InChI is InChI=1S/C12H18N4O3/c1-12(2,7-17)16(3)11(18)9-5-4-8(6-14-9)10(13)15-19/h4-6,17,19H,7H2,1-3H3,(H2,13,15). The van der Waals surface area contributed by atoms with Gasteiger partial charge >= 0.3 is 0 Å².